The lowest BCUT2D eigenvalue weighted by atomic mass is 10.1. The van der Waals surface area contributed by atoms with Gasteiger partial charge in [-0.2, -0.15) is 0 Å². The molecule has 3 unspecified atom stereocenters. The largest absolute Gasteiger partial charge is 0.316 e. The first-order valence-corrected chi connectivity index (χ1v) is 7.68. The summed E-state index contributed by atoms with van der Waals surface area (Å²) in [7, 11) is 0.817. The minimum Gasteiger partial charge on any atom is -0.316 e. The molecule has 0 spiro atoms. The molecule has 1 aromatic carbocycles. The summed E-state index contributed by atoms with van der Waals surface area (Å²) < 4.78 is 25.4. The van der Waals surface area contributed by atoms with Gasteiger partial charge in [-0.25, -0.2) is 4.39 Å². The van der Waals surface area contributed by atoms with Crippen LogP contribution in [-0.2, 0) is 10.8 Å². The van der Waals surface area contributed by atoms with Crippen LogP contribution in [0, 0.1) is 5.82 Å². The highest BCUT2D eigenvalue weighted by Crippen LogP contribution is 2.19. The van der Waals surface area contributed by atoms with Crippen LogP contribution >= 0.6 is 0 Å². The molecule has 1 aromatic rings. The normalized spacial score (nSPS) is 16.2. The maximum Gasteiger partial charge on any atom is 0.123 e. The third-order valence-electron chi connectivity index (χ3n) is 3.14. The van der Waals surface area contributed by atoms with Crippen molar-refractivity contribution in [2.24, 2.45) is 0 Å². The molecule has 2 nitrogen and oxygen atoms in total. The van der Waals surface area contributed by atoms with Crippen LogP contribution in [0.1, 0.15) is 33.1 Å². The van der Waals surface area contributed by atoms with Crippen molar-refractivity contribution in [3.8, 4) is 0 Å². The Morgan fingerprint density at radius 2 is 1.89 bits per heavy atom. The summed E-state index contributed by atoms with van der Waals surface area (Å²) >= 11 is 0. The number of halogens is 1. The van der Waals surface area contributed by atoms with Gasteiger partial charge in [-0.15, -0.1) is 0 Å². The molecule has 0 amide bonds. The second-order valence-electron chi connectivity index (χ2n) is 4.38. The Morgan fingerprint density at radius 1 is 1.28 bits per heavy atom. The maximum atomic E-state index is 12.9. The number of rotatable bonds is 7. The average molecular weight is 271 g/mol. The van der Waals surface area contributed by atoms with E-state index in [1.54, 1.807) is 12.1 Å². The zero-order valence-electron chi connectivity index (χ0n) is 11.3. The maximum absolute atomic E-state index is 12.9. The second-order valence-corrected chi connectivity index (χ2v) is 6.05. The van der Waals surface area contributed by atoms with Crippen molar-refractivity contribution in [3.05, 3.63) is 30.1 Å². The molecule has 1 N–H and O–H groups in total. The first kappa shape index (κ1) is 15.3. The van der Waals surface area contributed by atoms with Crippen molar-refractivity contribution in [1.29, 1.82) is 0 Å². The lowest BCUT2D eigenvalue weighted by Gasteiger charge is -2.25. The van der Waals surface area contributed by atoms with Gasteiger partial charge in [0.1, 0.15) is 5.82 Å². The highest BCUT2D eigenvalue weighted by Gasteiger charge is 2.24. The van der Waals surface area contributed by atoms with Crippen LogP contribution in [0.2, 0.25) is 0 Å². The van der Waals surface area contributed by atoms with Gasteiger partial charge in [0.25, 0.3) is 0 Å². The molecule has 0 fully saturated rings. The van der Waals surface area contributed by atoms with Crippen LogP contribution in [0.4, 0.5) is 4.39 Å². The molecule has 0 radical (unpaired) electrons. The van der Waals surface area contributed by atoms with Gasteiger partial charge in [0.2, 0.25) is 0 Å². The number of hydrogen-bond acceptors (Lipinski definition) is 2. The summed E-state index contributed by atoms with van der Waals surface area (Å²) in [5, 5.41) is 3.32. The van der Waals surface area contributed by atoms with Crippen molar-refractivity contribution >= 4 is 10.8 Å². The van der Waals surface area contributed by atoms with Crippen molar-refractivity contribution in [2.45, 2.75) is 49.3 Å². The molecule has 102 valence electrons. The molecule has 0 bridgehead atoms. The summed E-state index contributed by atoms with van der Waals surface area (Å²) in [4.78, 5) is 0.708. The Bertz CT molecular complexity index is 380. The summed E-state index contributed by atoms with van der Waals surface area (Å²) in [6.07, 6.45) is 2.90. The zero-order valence-corrected chi connectivity index (χ0v) is 12.1. The Balaban J connectivity index is 2.87. The van der Waals surface area contributed by atoms with Gasteiger partial charge in [0, 0.05) is 10.9 Å². The van der Waals surface area contributed by atoms with E-state index in [1.165, 1.54) is 12.1 Å². The minimum absolute atomic E-state index is 0.0698. The van der Waals surface area contributed by atoms with E-state index in [0.29, 0.717) is 4.90 Å². The van der Waals surface area contributed by atoms with Crippen molar-refractivity contribution in [2.75, 3.05) is 7.05 Å². The first-order chi connectivity index (χ1) is 8.63. The van der Waals surface area contributed by atoms with Crippen LogP contribution in [0.5, 0.6) is 0 Å². The fourth-order valence-corrected chi connectivity index (χ4v) is 3.78. The van der Waals surface area contributed by atoms with E-state index < -0.39 is 10.8 Å². The van der Waals surface area contributed by atoms with Crippen molar-refractivity contribution in [1.82, 2.24) is 5.32 Å². The molecular formula is C14H22FNOS. The van der Waals surface area contributed by atoms with E-state index >= 15 is 0 Å². The SMILES string of the molecule is CCCC(NC)C(CC)S(=O)c1ccc(F)cc1. The van der Waals surface area contributed by atoms with Gasteiger partial charge in [0.05, 0.1) is 16.0 Å². The van der Waals surface area contributed by atoms with E-state index in [0.717, 1.165) is 19.3 Å². The van der Waals surface area contributed by atoms with E-state index in [9.17, 15) is 8.60 Å². The molecule has 0 aliphatic carbocycles. The third-order valence-corrected chi connectivity index (χ3v) is 5.09. The Hall–Kier alpha value is -0.740. The third kappa shape index (κ3) is 3.89. The molecular weight excluding hydrogens is 249 g/mol. The first-order valence-electron chi connectivity index (χ1n) is 6.47. The molecule has 18 heavy (non-hydrogen) atoms. The highest BCUT2D eigenvalue weighted by molar-refractivity contribution is 7.85. The number of hydrogen-bond donors (Lipinski definition) is 1. The Labute approximate surface area is 111 Å². The number of benzene rings is 1. The van der Waals surface area contributed by atoms with Gasteiger partial charge in [0.15, 0.2) is 0 Å². The topological polar surface area (TPSA) is 29.1 Å². The van der Waals surface area contributed by atoms with Gasteiger partial charge in [-0.1, -0.05) is 20.3 Å². The molecule has 0 aromatic heterocycles. The fraction of sp³-hybridized carbons (Fsp3) is 0.571. The van der Waals surface area contributed by atoms with Gasteiger partial charge in [-0.3, -0.25) is 4.21 Å². The van der Waals surface area contributed by atoms with Gasteiger partial charge < -0.3 is 5.32 Å². The molecule has 0 saturated heterocycles. The molecule has 4 heteroatoms. The van der Waals surface area contributed by atoms with Gasteiger partial charge in [-0.05, 0) is 44.2 Å². The lowest BCUT2D eigenvalue weighted by Crippen LogP contribution is -2.39. The van der Waals surface area contributed by atoms with Crippen LogP contribution in [0.25, 0.3) is 0 Å². The van der Waals surface area contributed by atoms with Crippen LogP contribution in [0.3, 0.4) is 0 Å². The molecule has 0 aliphatic rings. The number of nitrogens with one attached hydrogen (secondary N) is 1. The lowest BCUT2D eigenvalue weighted by molar-refractivity contribution is 0.480. The molecule has 3 atom stereocenters. The predicted octanol–water partition coefficient (Wildman–Crippen LogP) is 3.10. The quantitative estimate of drug-likeness (QED) is 0.825. The van der Waals surface area contributed by atoms with Crippen molar-refractivity contribution in [3.63, 3.8) is 0 Å². The smallest absolute Gasteiger partial charge is 0.123 e. The highest BCUT2D eigenvalue weighted by atomic mass is 32.2. The average Bonchev–Trinajstić information content (AvgIpc) is 2.39. The monoisotopic (exact) mass is 271 g/mol. The standard InChI is InChI=1S/C14H22FNOS/c1-4-6-13(16-3)14(5-2)18(17)12-9-7-11(15)8-10-12/h7-10,13-14,16H,4-6H2,1-3H3. The zero-order chi connectivity index (χ0) is 13.5. The van der Waals surface area contributed by atoms with E-state index in [2.05, 4.69) is 12.2 Å². The predicted molar refractivity (Wildman–Crippen MR) is 74.6 cm³/mol. The molecule has 0 aliphatic heterocycles. The summed E-state index contributed by atoms with van der Waals surface area (Å²) in [6.45, 7) is 4.17. The molecule has 0 heterocycles. The minimum atomic E-state index is -1.09. The van der Waals surface area contributed by atoms with E-state index in [-0.39, 0.29) is 17.1 Å². The summed E-state index contributed by atoms with van der Waals surface area (Å²) in [5.74, 6) is -0.289. The molecule has 0 saturated carbocycles. The Morgan fingerprint density at radius 3 is 2.33 bits per heavy atom. The van der Waals surface area contributed by atoms with Gasteiger partial charge >= 0.3 is 0 Å². The second kappa shape index (κ2) is 7.64. The molecule has 1 rings (SSSR count). The van der Waals surface area contributed by atoms with Crippen molar-refractivity contribution < 1.29 is 8.60 Å². The van der Waals surface area contributed by atoms with Crippen LogP contribution < -0.4 is 5.32 Å². The summed E-state index contributed by atoms with van der Waals surface area (Å²) in [6, 6.07) is 6.22. The van der Waals surface area contributed by atoms with Crippen LogP contribution in [0.15, 0.2) is 29.2 Å². The van der Waals surface area contributed by atoms with E-state index in [1.807, 2.05) is 14.0 Å². The van der Waals surface area contributed by atoms with Crippen LogP contribution in [-0.4, -0.2) is 22.5 Å². The Kier molecular flexibility index (Phi) is 6.50. The fourth-order valence-electron chi connectivity index (χ4n) is 2.16. The summed E-state index contributed by atoms with van der Waals surface area (Å²) in [5.41, 5.74) is 0. The van der Waals surface area contributed by atoms with E-state index in [4.69, 9.17) is 0 Å².